The SMILES string of the molecule is COc1cccc(-c2cc(NC(=O)c3ccc(N(C)OS(=O)O)cc3)ncn2)c1. The Balaban J connectivity index is 1.73. The fourth-order valence-corrected chi connectivity index (χ4v) is 2.79. The van der Waals surface area contributed by atoms with Gasteiger partial charge in [-0.05, 0) is 36.4 Å². The quantitative estimate of drug-likeness (QED) is 0.448. The Morgan fingerprint density at radius 3 is 2.59 bits per heavy atom. The van der Waals surface area contributed by atoms with Gasteiger partial charge in [0, 0.05) is 24.2 Å². The summed E-state index contributed by atoms with van der Waals surface area (Å²) in [5, 5.41) is 3.85. The number of hydrogen-bond acceptors (Lipinski definition) is 7. The molecule has 0 aliphatic heterocycles. The zero-order valence-corrected chi connectivity index (χ0v) is 16.4. The topological polar surface area (TPSA) is 114 Å². The first kappa shape index (κ1) is 20.4. The van der Waals surface area contributed by atoms with E-state index in [-0.39, 0.29) is 5.91 Å². The number of hydroxylamine groups is 1. The molecule has 150 valence electrons. The number of methoxy groups -OCH3 is 1. The molecule has 0 bridgehead atoms. The van der Waals surface area contributed by atoms with Crippen molar-refractivity contribution < 1.29 is 22.6 Å². The van der Waals surface area contributed by atoms with Crippen LogP contribution in [-0.4, -0.2) is 38.8 Å². The van der Waals surface area contributed by atoms with Gasteiger partial charge in [-0.25, -0.2) is 15.0 Å². The second-order valence-electron chi connectivity index (χ2n) is 5.81. The van der Waals surface area contributed by atoms with E-state index in [1.165, 1.54) is 13.4 Å². The highest BCUT2D eigenvalue weighted by molar-refractivity contribution is 7.74. The summed E-state index contributed by atoms with van der Waals surface area (Å²) in [5.74, 6) is 0.690. The van der Waals surface area contributed by atoms with Crippen molar-refractivity contribution in [2.24, 2.45) is 0 Å². The maximum Gasteiger partial charge on any atom is 0.325 e. The van der Waals surface area contributed by atoms with Crippen LogP contribution in [0.1, 0.15) is 10.4 Å². The Hall–Kier alpha value is -3.34. The van der Waals surface area contributed by atoms with E-state index in [1.54, 1.807) is 37.4 Å². The van der Waals surface area contributed by atoms with Crippen LogP contribution in [0.3, 0.4) is 0 Å². The minimum atomic E-state index is -2.43. The molecule has 10 heteroatoms. The molecule has 1 unspecified atom stereocenters. The van der Waals surface area contributed by atoms with E-state index in [2.05, 4.69) is 19.6 Å². The highest BCUT2D eigenvalue weighted by atomic mass is 32.2. The Bertz CT molecular complexity index is 1030. The van der Waals surface area contributed by atoms with Gasteiger partial charge in [-0.1, -0.05) is 12.1 Å². The summed E-state index contributed by atoms with van der Waals surface area (Å²) in [6, 6.07) is 15.4. The molecule has 1 aromatic heterocycles. The van der Waals surface area contributed by atoms with E-state index in [0.717, 1.165) is 10.6 Å². The maximum atomic E-state index is 12.5. The molecule has 0 radical (unpaired) electrons. The molecule has 3 rings (SSSR count). The van der Waals surface area contributed by atoms with Gasteiger partial charge < -0.3 is 10.1 Å². The standard InChI is InChI=1S/C19H18N4O5S/c1-23(28-29(25)26)15-8-6-13(7-9-15)19(24)22-18-11-17(20-12-21-18)14-4-3-5-16(10-14)27-2/h3-12H,1-2H3,(H,25,26)(H,20,21,22,24). The van der Waals surface area contributed by atoms with Crippen molar-refractivity contribution in [2.75, 3.05) is 24.5 Å². The fourth-order valence-electron chi connectivity index (χ4n) is 2.52. The number of rotatable bonds is 7. The summed E-state index contributed by atoms with van der Waals surface area (Å²) >= 11 is -2.43. The van der Waals surface area contributed by atoms with Gasteiger partial charge in [0.15, 0.2) is 0 Å². The molecule has 0 aliphatic rings. The smallest absolute Gasteiger partial charge is 0.325 e. The minimum absolute atomic E-state index is 0.350. The number of nitrogens with one attached hydrogen (secondary N) is 1. The van der Waals surface area contributed by atoms with Crippen LogP contribution in [0.4, 0.5) is 11.5 Å². The minimum Gasteiger partial charge on any atom is -0.497 e. The molecule has 2 N–H and O–H groups in total. The number of amides is 1. The van der Waals surface area contributed by atoms with Crippen LogP contribution in [0.5, 0.6) is 5.75 Å². The van der Waals surface area contributed by atoms with Gasteiger partial charge in [-0.2, -0.15) is 4.21 Å². The number of aromatic nitrogens is 2. The molecule has 0 saturated carbocycles. The molecular weight excluding hydrogens is 396 g/mol. The van der Waals surface area contributed by atoms with Crippen molar-refractivity contribution >= 4 is 28.8 Å². The normalized spacial score (nSPS) is 11.6. The summed E-state index contributed by atoms with van der Waals surface area (Å²) in [6.45, 7) is 0. The van der Waals surface area contributed by atoms with Gasteiger partial charge in [0.25, 0.3) is 5.91 Å². The third kappa shape index (κ3) is 5.35. The largest absolute Gasteiger partial charge is 0.497 e. The van der Waals surface area contributed by atoms with Crippen LogP contribution in [0, 0.1) is 0 Å². The Labute approximate surface area is 169 Å². The van der Waals surface area contributed by atoms with Crippen molar-refractivity contribution in [3.8, 4) is 17.0 Å². The van der Waals surface area contributed by atoms with Gasteiger partial charge in [-0.3, -0.25) is 9.35 Å². The van der Waals surface area contributed by atoms with Crippen LogP contribution in [0.2, 0.25) is 0 Å². The summed E-state index contributed by atoms with van der Waals surface area (Å²) in [5.41, 5.74) is 2.36. The molecule has 0 fully saturated rings. The summed E-state index contributed by atoms with van der Waals surface area (Å²) in [6.07, 6.45) is 1.37. The van der Waals surface area contributed by atoms with E-state index < -0.39 is 11.4 Å². The first-order chi connectivity index (χ1) is 14.0. The molecule has 2 aromatic carbocycles. The number of benzene rings is 2. The molecule has 9 nitrogen and oxygen atoms in total. The first-order valence-electron chi connectivity index (χ1n) is 8.37. The van der Waals surface area contributed by atoms with E-state index >= 15 is 0 Å². The van der Waals surface area contributed by atoms with Crippen LogP contribution >= 0.6 is 0 Å². The van der Waals surface area contributed by atoms with Crippen molar-refractivity contribution in [2.45, 2.75) is 0 Å². The number of carbonyl (C=O) groups is 1. The predicted octanol–water partition coefficient (Wildman–Crippen LogP) is 2.91. The van der Waals surface area contributed by atoms with Crippen LogP contribution in [-0.2, 0) is 15.6 Å². The number of nitrogens with zero attached hydrogens (tertiary/aromatic N) is 3. The lowest BCUT2D eigenvalue weighted by atomic mass is 10.1. The van der Waals surface area contributed by atoms with Gasteiger partial charge in [0.05, 0.1) is 18.5 Å². The lowest BCUT2D eigenvalue weighted by molar-refractivity contribution is 0.102. The molecule has 1 amide bonds. The van der Waals surface area contributed by atoms with Crippen molar-refractivity contribution in [1.82, 2.24) is 9.97 Å². The Morgan fingerprint density at radius 2 is 1.90 bits per heavy atom. The average Bonchev–Trinajstić information content (AvgIpc) is 2.73. The molecular formula is C19H18N4O5S. The highest BCUT2D eigenvalue weighted by Gasteiger charge is 2.11. The molecule has 3 aromatic rings. The predicted molar refractivity (Wildman–Crippen MR) is 109 cm³/mol. The van der Waals surface area contributed by atoms with Crippen molar-refractivity contribution in [1.29, 1.82) is 0 Å². The summed E-state index contributed by atoms with van der Waals surface area (Å²) in [7, 11) is 3.06. The van der Waals surface area contributed by atoms with Crippen LogP contribution < -0.4 is 15.1 Å². The number of carbonyl (C=O) groups excluding carboxylic acids is 1. The Morgan fingerprint density at radius 1 is 1.14 bits per heavy atom. The van der Waals surface area contributed by atoms with E-state index in [4.69, 9.17) is 9.29 Å². The lowest BCUT2D eigenvalue weighted by Gasteiger charge is -2.15. The monoisotopic (exact) mass is 414 g/mol. The van der Waals surface area contributed by atoms with E-state index in [0.29, 0.717) is 28.5 Å². The Kier molecular flexibility index (Phi) is 6.50. The van der Waals surface area contributed by atoms with E-state index in [9.17, 15) is 9.00 Å². The van der Waals surface area contributed by atoms with Gasteiger partial charge in [0.2, 0.25) is 0 Å². The first-order valence-corrected chi connectivity index (χ1v) is 9.40. The highest BCUT2D eigenvalue weighted by Crippen LogP contribution is 2.23. The molecule has 0 aliphatic carbocycles. The lowest BCUT2D eigenvalue weighted by Crippen LogP contribution is -2.19. The number of ether oxygens (including phenoxy) is 1. The molecule has 1 atom stereocenters. The third-order valence-corrected chi connectivity index (χ3v) is 4.29. The average molecular weight is 414 g/mol. The van der Waals surface area contributed by atoms with Crippen LogP contribution in [0.25, 0.3) is 11.3 Å². The second kappa shape index (κ2) is 9.24. The molecule has 0 spiro atoms. The fraction of sp³-hybridized carbons (Fsp3) is 0.105. The van der Waals surface area contributed by atoms with Crippen molar-refractivity contribution in [3.63, 3.8) is 0 Å². The molecule has 29 heavy (non-hydrogen) atoms. The zero-order valence-electron chi connectivity index (χ0n) is 15.6. The molecule has 0 saturated heterocycles. The number of hydrogen-bond donors (Lipinski definition) is 2. The third-order valence-electron chi connectivity index (χ3n) is 3.94. The second-order valence-corrected chi connectivity index (χ2v) is 6.39. The van der Waals surface area contributed by atoms with Crippen molar-refractivity contribution in [3.05, 3.63) is 66.5 Å². The van der Waals surface area contributed by atoms with Gasteiger partial charge >= 0.3 is 11.4 Å². The maximum absolute atomic E-state index is 12.5. The van der Waals surface area contributed by atoms with E-state index in [1.807, 2.05) is 24.3 Å². The molecule has 1 heterocycles. The summed E-state index contributed by atoms with van der Waals surface area (Å²) in [4.78, 5) is 20.8. The van der Waals surface area contributed by atoms with Crippen LogP contribution in [0.15, 0.2) is 60.9 Å². The van der Waals surface area contributed by atoms with Gasteiger partial charge in [0.1, 0.15) is 17.9 Å². The summed E-state index contributed by atoms with van der Waals surface area (Å²) < 4.78 is 29.3. The van der Waals surface area contributed by atoms with Gasteiger partial charge in [-0.15, -0.1) is 4.28 Å². The zero-order chi connectivity index (χ0) is 20.8. The number of anilines is 2.